The van der Waals surface area contributed by atoms with Crippen LogP contribution in [0, 0.1) is 0 Å². The molecule has 5 heteroatoms. The van der Waals surface area contributed by atoms with Crippen molar-refractivity contribution in [1.29, 1.82) is 0 Å². The first-order valence-corrected chi connectivity index (χ1v) is 4.37. The lowest BCUT2D eigenvalue weighted by molar-refractivity contribution is -0.105. The Morgan fingerprint density at radius 1 is 1.47 bits per heavy atom. The fourth-order valence-electron chi connectivity index (χ4n) is 1.28. The van der Waals surface area contributed by atoms with Crippen molar-refractivity contribution in [3.8, 4) is 0 Å². The molecule has 0 aliphatic rings. The van der Waals surface area contributed by atoms with Crippen LogP contribution in [0.2, 0.25) is 0 Å². The maximum Gasteiger partial charge on any atom is 0.250 e. The van der Waals surface area contributed by atoms with E-state index in [1.165, 1.54) is 0 Å². The van der Waals surface area contributed by atoms with Crippen LogP contribution in [0.1, 0.15) is 10.4 Å². The maximum atomic E-state index is 11.2. The van der Waals surface area contributed by atoms with Crippen LogP contribution >= 0.6 is 0 Å². The van der Waals surface area contributed by atoms with Crippen LogP contribution in [-0.2, 0) is 4.79 Å². The minimum Gasteiger partial charge on any atom is -0.377 e. The zero-order chi connectivity index (χ0) is 11.4. The quantitative estimate of drug-likeness (QED) is 0.702. The Morgan fingerprint density at radius 2 is 2.13 bits per heavy atom. The summed E-state index contributed by atoms with van der Waals surface area (Å²) in [6, 6.07) is 4.98. The SMILES string of the molecule is CN(C)c1ccc(NC=O)cc1C(N)=O. The number of hydrogen-bond acceptors (Lipinski definition) is 3. The zero-order valence-corrected chi connectivity index (χ0v) is 8.65. The molecule has 3 N–H and O–H groups in total. The van der Waals surface area contributed by atoms with Gasteiger partial charge in [-0.3, -0.25) is 9.59 Å². The van der Waals surface area contributed by atoms with Crippen LogP contribution in [0.5, 0.6) is 0 Å². The normalized spacial score (nSPS) is 9.47. The molecular formula is C10H13N3O2. The molecule has 1 aromatic carbocycles. The van der Waals surface area contributed by atoms with Gasteiger partial charge in [-0.05, 0) is 18.2 Å². The molecule has 0 aromatic heterocycles. The lowest BCUT2D eigenvalue weighted by Gasteiger charge is -2.16. The summed E-state index contributed by atoms with van der Waals surface area (Å²) in [6.45, 7) is 0. The molecule has 0 fully saturated rings. The number of hydrogen-bond donors (Lipinski definition) is 2. The van der Waals surface area contributed by atoms with E-state index in [2.05, 4.69) is 5.32 Å². The molecule has 80 valence electrons. The van der Waals surface area contributed by atoms with Crippen molar-refractivity contribution in [2.75, 3.05) is 24.3 Å². The highest BCUT2D eigenvalue weighted by molar-refractivity contribution is 6.00. The minimum atomic E-state index is -0.520. The van der Waals surface area contributed by atoms with Crippen LogP contribution in [0.4, 0.5) is 11.4 Å². The summed E-state index contributed by atoms with van der Waals surface area (Å²) in [4.78, 5) is 23.2. The predicted molar refractivity (Wildman–Crippen MR) is 59.0 cm³/mol. The summed E-state index contributed by atoms with van der Waals surface area (Å²) >= 11 is 0. The second kappa shape index (κ2) is 4.45. The number of benzene rings is 1. The van der Waals surface area contributed by atoms with Crippen LogP contribution < -0.4 is 16.0 Å². The van der Waals surface area contributed by atoms with Gasteiger partial charge in [-0.2, -0.15) is 0 Å². The molecule has 0 bridgehead atoms. The molecular weight excluding hydrogens is 194 g/mol. The Morgan fingerprint density at radius 3 is 2.60 bits per heavy atom. The molecule has 1 rings (SSSR count). The number of carbonyl (C=O) groups excluding carboxylic acids is 2. The average Bonchev–Trinajstić information content (AvgIpc) is 2.17. The van der Waals surface area contributed by atoms with E-state index in [1.807, 2.05) is 14.1 Å². The number of nitrogens with two attached hydrogens (primary N) is 1. The van der Waals surface area contributed by atoms with Gasteiger partial charge in [0.1, 0.15) is 0 Å². The Labute approximate surface area is 87.9 Å². The van der Waals surface area contributed by atoms with Gasteiger partial charge in [0.2, 0.25) is 6.41 Å². The molecule has 0 aliphatic heterocycles. The Kier molecular flexibility index (Phi) is 3.28. The number of nitrogens with one attached hydrogen (secondary N) is 1. The van der Waals surface area contributed by atoms with E-state index in [4.69, 9.17) is 5.73 Å². The van der Waals surface area contributed by atoms with Crippen molar-refractivity contribution in [1.82, 2.24) is 0 Å². The first-order valence-electron chi connectivity index (χ1n) is 4.37. The first kappa shape index (κ1) is 11.0. The van der Waals surface area contributed by atoms with Gasteiger partial charge in [-0.1, -0.05) is 0 Å². The van der Waals surface area contributed by atoms with E-state index in [9.17, 15) is 9.59 Å². The lowest BCUT2D eigenvalue weighted by Crippen LogP contribution is -2.18. The Hall–Kier alpha value is -2.04. The van der Waals surface area contributed by atoms with Crippen molar-refractivity contribution in [2.45, 2.75) is 0 Å². The summed E-state index contributed by atoms with van der Waals surface area (Å²) in [5.74, 6) is -0.520. The summed E-state index contributed by atoms with van der Waals surface area (Å²) in [6.07, 6.45) is 0.551. The molecule has 1 aromatic rings. The molecule has 0 saturated carbocycles. The number of primary amides is 1. The van der Waals surface area contributed by atoms with E-state index in [1.54, 1.807) is 23.1 Å². The third-order valence-corrected chi connectivity index (χ3v) is 1.97. The van der Waals surface area contributed by atoms with E-state index < -0.39 is 5.91 Å². The van der Waals surface area contributed by atoms with Gasteiger partial charge in [0.15, 0.2) is 0 Å². The standard InChI is InChI=1S/C10H13N3O2/c1-13(2)9-4-3-7(12-6-14)5-8(9)10(11)15/h3-6H,1-2H3,(H2,11,15)(H,12,14). The largest absolute Gasteiger partial charge is 0.377 e. The number of anilines is 2. The summed E-state index contributed by atoms with van der Waals surface area (Å²) in [5.41, 5.74) is 6.88. The number of carbonyl (C=O) groups is 2. The van der Waals surface area contributed by atoms with E-state index in [0.717, 1.165) is 5.69 Å². The monoisotopic (exact) mass is 207 g/mol. The zero-order valence-electron chi connectivity index (χ0n) is 8.65. The smallest absolute Gasteiger partial charge is 0.250 e. The average molecular weight is 207 g/mol. The van der Waals surface area contributed by atoms with E-state index in [-0.39, 0.29) is 0 Å². The lowest BCUT2D eigenvalue weighted by atomic mass is 10.1. The number of amides is 2. The van der Waals surface area contributed by atoms with Gasteiger partial charge in [0, 0.05) is 25.5 Å². The van der Waals surface area contributed by atoms with Crippen LogP contribution in [0.3, 0.4) is 0 Å². The van der Waals surface area contributed by atoms with Crippen molar-refractivity contribution < 1.29 is 9.59 Å². The molecule has 2 amide bonds. The number of rotatable bonds is 4. The van der Waals surface area contributed by atoms with Gasteiger partial charge < -0.3 is 16.0 Å². The third-order valence-electron chi connectivity index (χ3n) is 1.97. The summed E-state index contributed by atoms with van der Waals surface area (Å²) < 4.78 is 0. The fraction of sp³-hybridized carbons (Fsp3) is 0.200. The van der Waals surface area contributed by atoms with Gasteiger partial charge in [0.25, 0.3) is 5.91 Å². The van der Waals surface area contributed by atoms with Gasteiger partial charge in [-0.15, -0.1) is 0 Å². The second-order valence-corrected chi connectivity index (χ2v) is 3.25. The number of nitrogens with zero attached hydrogens (tertiary/aromatic N) is 1. The van der Waals surface area contributed by atoms with Crippen LogP contribution in [0.15, 0.2) is 18.2 Å². The van der Waals surface area contributed by atoms with Crippen LogP contribution in [0.25, 0.3) is 0 Å². The van der Waals surface area contributed by atoms with Crippen molar-refractivity contribution >= 4 is 23.7 Å². The highest BCUT2D eigenvalue weighted by Gasteiger charge is 2.10. The topological polar surface area (TPSA) is 75.4 Å². The van der Waals surface area contributed by atoms with E-state index >= 15 is 0 Å². The van der Waals surface area contributed by atoms with Crippen molar-refractivity contribution in [3.05, 3.63) is 23.8 Å². The molecule has 0 spiro atoms. The molecule has 0 aliphatic carbocycles. The molecule has 0 heterocycles. The van der Waals surface area contributed by atoms with Gasteiger partial charge in [-0.25, -0.2) is 0 Å². The Bertz CT molecular complexity index is 388. The van der Waals surface area contributed by atoms with Gasteiger partial charge >= 0.3 is 0 Å². The first-order chi connectivity index (χ1) is 7.06. The second-order valence-electron chi connectivity index (χ2n) is 3.25. The van der Waals surface area contributed by atoms with E-state index in [0.29, 0.717) is 17.7 Å². The molecule has 15 heavy (non-hydrogen) atoms. The molecule has 0 saturated heterocycles. The molecule has 5 nitrogen and oxygen atoms in total. The molecule has 0 atom stereocenters. The molecule has 0 unspecified atom stereocenters. The summed E-state index contributed by atoms with van der Waals surface area (Å²) in [5, 5.41) is 2.46. The fourth-order valence-corrected chi connectivity index (χ4v) is 1.28. The van der Waals surface area contributed by atoms with Crippen molar-refractivity contribution in [3.63, 3.8) is 0 Å². The van der Waals surface area contributed by atoms with Crippen LogP contribution in [-0.4, -0.2) is 26.4 Å². The highest BCUT2D eigenvalue weighted by Crippen LogP contribution is 2.21. The molecule has 0 radical (unpaired) electrons. The third kappa shape index (κ3) is 2.46. The minimum absolute atomic E-state index is 0.381. The van der Waals surface area contributed by atoms with Crippen molar-refractivity contribution in [2.24, 2.45) is 5.73 Å². The van der Waals surface area contributed by atoms with Gasteiger partial charge in [0.05, 0.1) is 5.56 Å². The Balaban J connectivity index is 3.20. The maximum absolute atomic E-state index is 11.2. The predicted octanol–water partition coefficient (Wildman–Crippen LogP) is 0.420. The highest BCUT2D eigenvalue weighted by atomic mass is 16.1. The summed E-state index contributed by atoms with van der Waals surface area (Å²) in [7, 11) is 3.63.